The largest absolute Gasteiger partial charge is 0.416 e. The van der Waals surface area contributed by atoms with Gasteiger partial charge in [0.05, 0.1) is 22.5 Å². The molecule has 0 spiro atoms. The second-order valence-electron chi connectivity index (χ2n) is 9.49. The van der Waals surface area contributed by atoms with Crippen LogP contribution in [0.15, 0.2) is 53.3 Å². The Labute approximate surface area is 241 Å². The molecule has 41 heavy (non-hydrogen) atoms. The van der Waals surface area contributed by atoms with Crippen LogP contribution in [0.3, 0.4) is 0 Å². The number of sulfone groups is 1. The lowest BCUT2D eigenvalue weighted by Gasteiger charge is -2.38. The molecule has 1 saturated heterocycles. The van der Waals surface area contributed by atoms with Gasteiger partial charge in [-0.3, -0.25) is 4.57 Å². The molecule has 1 aliphatic heterocycles. The van der Waals surface area contributed by atoms with Crippen molar-refractivity contribution >= 4 is 39.0 Å². The van der Waals surface area contributed by atoms with Gasteiger partial charge in [-0.05, 0) is 36.4 Å². The van der Waals surface area contributed by atoms with Crippen molar-refractivity contribution in [3.05, 3.63) is 74.9 Å². The maximum atomic E-state index is 13.3. The van der Waals surface area contributed by atoms with E-state index >= 15 is 0 Å². The summed E-state index contributed by atoms with van der Waals surface area (Å²) in [5, 5.41) is 18.5. The van der Waals surface area contributed by atoms with Crippen LogP contribution in [-0.2, 0) is 22.9 Å². The Hall–Kier alpha value is -3.40. The van der Waals surface area contributed by atoms with Gasteiger partial charge in [-0.15, -0.1) is 10.2 Å². The summed E-state index contributed by atoms with van der Waals surface area (Å²) in [5.41, 5.74) is -0.198. The van der Waals surface area contributed by atoms with Crippen LogP contribution in [0.2, 0.25) is 10.0 Å². The number of hydrogen-bond donors (Lipinski definition) is 1. The van der Waals surface area contributed by atoms with Crippen LogP contribution in [0.25, 0.3) is 17.1 Å². The maximum absolute atomic E-state index is 13.3. The Morgan fingerprint density at radius 2 is 1.73 bits per heavy atom. The first-order chi connectivity index (χ1) is 19.2. The summed E-state index contributed by atoms with van der Waals surface area (Å²) in [6.07, 6.45) is -6.64. The minimum absolute atomic E-state index is 0.0634. The summed E-state index contributed by atoms with van der Waals surface area (Å²) in [6, 6.07) is 12.7. The number of aliphatic hydroxyl groups excluding tert-OH is 1. The number of halogens is 5. The molecule has 11 nitrogen and oxygen atoms in total. The van der Waals surface area contributed by atoms with E-state index in [0.717, 1.165) is 15.5 Å². The molecule has 4 aromatic rings. The molecule has 0 bridgehead atoms. The topological polar surface area (TPSA) is 128 Å². The van der Waals surface area contributed by atoms with Gasteiger partial charge in [0.2, 0.25) is 5.95 Å². The lowest BCUT2D eigenvalue weighted by molar-refractivity contribution is -0.207. The molecule has 17 heteroatoms. The zero-order valence-corrected chi connectivity index (χ0v) is 23.5. The zero-order chi connectivity index (χ0) is 29.7. The minimum atomic E-state index is -4.97. The number of para-hydroxylation sites is 1. The van der Waals surface area contributed by atoms with Gasteiger partial charge >= 0.3 is 11.9 Å². The van der Waals surface area contributed by atoms with E-state index in [2.05, 4.69) is 15.2 Å². The van der Waals surface area contributed by atoms with Crippen molar-refractivity contribution in [1.29, 1.82) is 0 Å². The molecule has 0 amide bonds. The Balaban J connectivity index is 1.55. The standard InChI is InChI=1S/C24H22Cl2F3N7O4S/c1-41(39,40)16-10-33(11-16)22-30-20(31-36(22)18-5-3-2-4-17(18)26)13-35-23(38)34(12-19(37)24(27,28)29)21(32-35)14-6-8-15(25)9-7-14/h2-9,16,19,37H,10-13H2,1H3. The van der Waals surface area contributed by atoms with E-state index in [1.54, 1.807) is 29.2 Å². The van der Waals surface area contributed by atoms with Crippen molar-refractivity contribution in [2.24, 2.45) is 0 Å². The van der Waals surface area contributed by atoms with Gasteiger partial charge in [0, 0.05) is 29.9 Å². The fourth-order valence-electron chi connectivity index (χ4n) is 4.21. The molecule has 2 aromatic heterocycles. The predicted octanol–water partition coefficient (Wildman–Crippen LogP) is 2.80. The summed E-state index contributed by atoms with van der Waals surface area (Å²) in [5.74, 6) is 0.207. The summed E-state index contributed by atoms with van der Waals surface area (Å²) in [6.45, 7) is -1.12. The SMILES string of the molecule is CS(=O)(=O)C1CN(c2nc(Cn3nc(-c4ccc(Cl)cc4)n(CC(O)C(F)(F)F)c3=O)nn2-c2ccccc2Cl)C1. The van der Waals surface area contributed by atoms with Crippen molar-refractivity contribution in [2.45, 2.75) is 30.6 Å². The number of anilines is 1. The number of alkyl halides is 3. The van der Waals surface area contributed by atoms with Crippen LogP contribution in [0, 0.1) is 0 Å². The first-order valence-corrected chi connectivity index (χ1v) is 14.8. The van der Waals surface area contributed by atoms with Crippen molar-refractivity contribution in [3.8, 4) is 17.1 Å². The van der Waals surface area contributed by atoms with Crippen molar-refractivity contribution < 1.29 is 26.7 Å². The van der Waals surface area contributed by atoms with Crippen LogP contribution in [0.5, 0.6) is 0 Å². The van der Waals surface area contributed by atoms with Crippen LogP contribution < -0.4 is 10.6 Å². The van der Waals surface area contributed by atoms with Gasteiger partial charge in [-0.1, -0.05) is 35.3 Å². The number of aromatic nitrogens is 6. The third-order valence-corrected chi connectivity index (χ3v) is 8.58. The van der Waals surface area contributed by atoms with E-state index in [9.17, 15) is 31.5 Å². The van der Waals surface area contributed by atoms with E-state index < -0.39 is 39.6 Å². The van der Waals surface area contributed by atoms with E-state index in [0.29, 0.717) is 21.3 Å². The molecule has 1 atom stereocenters. The van der Waals surface area contributed by atoms with Crippen LogP contribution >= 0.6 is 23.2 Å². The van der Waals surface area contributed by atoms with E-state index in [1.165, 1.54) is 28.9 Å². The molecule has 2 aromatic carbocycles. The van der Waals surface area contributed by atoms with Crippen LogP contribution in [0.4, 0.5) is 19.1 Å². The second kappa shape index (κ2) is 10.8. The highest BCUT2D eigenvalue weighted by Gasteiger charge is 2.40. The minimum Gasteiger partial charge on any atom is -0.382 e. The summed E-state index contributed by atoms with van der Waals surface area (Å²) < 4.78 is 66.5. The number of benzene rings is 2. The first kappa shape index (κ1) is 29.1. The fourth-order valence-corrected chi connectivity index (χ4v) is 5.45. The average molecular weight is 632 g/mol. The van der Waals surface area contributed by atoms with E-state index in [1.807, 2.05) is 0 Å². The van der Waals surface area contributed by atoms with Gasteiger partial charge in [0.25, 0.3) is 0 Å². The van der Waals surface area contributed by atoms with Gasteiger partial charge < -0.3 is 10.0 Å². The number of rotatable bonds is 8. The average Bonchev–Trinajstić information content (AvgIpc) is 3.39. The molecular weight excluding hydrogens is 610 g/mol. The predicted molar refractivity (Wildman–Crippen MR) is 145 cm³/mol. The molecule has 1 N–H and O–H groups in total. The van der Waals surface area contributed by atoms with Crippen molar-refractivity contribution in [3.63, 3.8) is 0 Å². The number of aliphatic hydroxyl groups is 1. The normalized spacial score (nSPS) is 15.2. The summed E-state index contributed by atoms with van der Waals surface area (Å²) in [7, 11) is -3.28. The lowest BCUT2D eigenvalue weighted by atomic mass is 10.2. The maximum Gasteiger partial charge on any atom is 0.416 e. The first-order valence-electron chi connectivity index (χ1n) is 12.1. The Kier molecular flexibility index (Phi) is 7.65. The van der Waals surface area contributed by atoms with Gasteiger partial charge in [-0.25, -0.2) is 17.9 Å². The Bertz CT molecular complexity index is 1750. The van der Waals surface area contributed by atoms with Crippen molar-refractivity contribution in [2.75, 3.05) is 24.2 Å². The lowest BCUT2D eigenvalue weighted by Crippen LogP contribution is -2.55. The van der Waals surface area contributed by atoms with Gasteiger partial charge in [0.15, 0.2) is 27.6 Å². The van der Waals surface area contributed by atoms with E-state index in [-0.39, 0.29) is 37.2 Å². The van der Waals surface area contributed by atoms with Crippen LogP contribution in [0.1, 0.15) is 5.82 Å². The summed E-state index contributed by atoms with van der Waals surface area (Å²) in [4.78, 5) is 19.4. The monoisotopic (exact) mass is 631 g/mol. The number of nitrogens with zero attached hydrogens (tertiary/aromatic N) is 7. The molecule has 1 aliphatic rings. The molecule has 5 rings (SSSR count). The number of hydrogen-bond acceptors (Lipinski definition) is 8. The second-order valence-corrected chi connectivity index (χ2v) is 12.7. The smallest absolute Gasteiger partial charge is 0.382 e. The quantitative estimate of drug-likeness (QED) is 0.314. The zero-order valence-electron chi connectivity index (χ0n) is 21.2. The van der Waals surface area contributed by atoms with Gasteiger partial charge in [0.1, 0.15) is 6.54 Å². The van der Waals surface area contributed by atoms with Crippen LogP contribution in [-0.4, -0.2) is 79.5 Å². The molecule has 218 valence electrons. The molecule has 1 fully saturated rings. The van der Waals surface area contributed by atoms with Crippen molar-refractivity contribution in [1.82, 2.24) is 29.1 Å². The highest BCUT2D eigenvalue weighted by atomic mass is 35.5. The Morgan fingerprint density at radius 3 is 2.34 bits per heavy atom. The Morgan fingerprint density at radius 1 is 1.07 bits per heavy atom. The molecule has 0 aliphatic carbocycles. The third-order valence-electron chi connectivity index (χ3n) is 6.50. The highest BCUT2D eigenvalue weighted by molar-refractivity contribution is 7.91. The fraction of sp³-hybridized carbons (Fsp3) is 0.333. The van der Waals surface area contributed by atoms with Gasteiger partial charge in [-0.2, -0.15) is 22.8 Å². The highest BCUT2D eigenvalue weighted by Crippen LogP contribution is 2.29. The molecular formula is C24H22Cl2F3N7O4S. The molecule has 0 saturated carbocycles. The molecule has 1 unspecified atom stereocenters. The molecule has 0 radical (unpaired) electrons. The molecule has 3 heterocycles. The summed E-state index contributed by atoms with van der Waals surface area (Å²) >= 11 is 12.3. The third kappa shape index (κ3) is 5.98. The van der Waals surface area contributed by atoms with E-state index in [4.69, 9.17) is 23.2 Å².